The Hall–Kier alpha value is -1.16. The number of anilines is 1. The number of hydrogen-bond donors (Lipinski definition) is 1. The topological polar surface area (TPSA) is 41.0 Å². The summed E-state index contributed by atoms with van der Waals surface area (Å²) in [4.78, 5) is 10.9. The first-order valence-electron chi connectivity index (χ1n) is 7.07. The average Bonchev–Trinajstić information content (AvgIpc) is 2.41. The second-order valence-electron chi connectivity index (χ2n) is 5.17. The zero-order valence-corrected chi connectivity index (χ0v) is 11.5. The minimum absolute atomic E-state index is 0.638. The SMILES string of the molecule is CCCC(C)NC1CCN(c2ncccn2)CC1. The van der Waals surface area contributed by atoms with E-state index in [1.165, 1.54) is 25.7 Å². The van der Waals surface area contributed by atoms with Crippen LogP contribution in [0.15, 0.2) is 18.5 Å². The van der Waals surface area contributed by atoms with Gasteiger partial charge in [0.1, 0.15) is 0 Å². The molecule has 0 aromatic carbocycles. The fraction of sp³-hybridized carbons (Fsp3) is 0.714. The fourth-order valence-corrected chi connectivity index (χ4v) is 2.62. The lowest BCUT2D eigenvalue weighted by molar-refractivity contribution is 0.363. The Labute approximate surface area is 110 Å². The van der Waals surface area contributed by atoms with Crippen LogP contribution >= 0.6 is 0 Å². The Kier molecular flexibility index (Phi) is 4.93. The van der Waals surface area contributed by atoms with Crippen molar-refractivity contribution in [2.75, 3.05) is 18.0 Å². The van der Waals surface area contributed by atoms with Gasteiger partial charge in [0.25, 0.3) is 0 Å². The predicted octanol–water partition coefficient (Wildman–Crippen LogP) is 2.22. The summed E-state index contributed by atoms with van der Waals surface area (Å²) < 4.78 is 0. The van der Waals surface area contributed by atoms with Crippen molar-refractivity contribution in [2.24, 2.45) is 0 Å². The van der Waals surface area contributed by atoms with E-state index in [2.05, 4.69) is 34.0 Å². The van der Waals surface area contributed by atoms with Crippen LogP contribution in [-0.4, -0.2) is 35.1 Å². The molecule has 0 radical (unpaired) electrons. The van der Waals surface area contributed by atoms with Crippen molar-refractivity contribution in [1.82, 2.24) is 15.3 Å². The van der Waals surface area contributed by atoms with E-state index in [-0.39, 0.29) is 0 Å². The summed E-state index contributed by atoms with van der Waals surface area (Å²) in [6.45, 7) is 6.64. The molecule has 1 saturated heterocycles. The molecular formula is C14H24N4. The highest BCUT2D eigenvalue weighted by molar-refractivity contribution is 5.29. The highest BCUT2D eigenvalue weighted by atomic mass is 15.3. The Bertz CT molecular complexity index is 333. The van der Waals surface area contributed by atoms with Gasteiger partial charge in [-0.25, -0.2) is 9.97 Å². The summed E-state index contributed by atoms with van der Waals surface area (Å²) in [5, 5.41) is 3.72. The molecule has 1 aromatic heterocycles. The molecule has 1 aliphatic rings. The lowest BCUT2D eigenvalue weighted by Gasteiger charge is -2.33. The van der Waals surface area contributed by atoms with Crippen molar-refractivity contribution in [2.45, 2.75) is 51.6 Å². The van der Waals surface area contributed by atoms with Crippen LogP contribution in [0.3, 0.4) is 0 Å². The minimum Gasteiger partial charge on any atom is -0.341 e. The monoisotopic (exact) mass is 248 g/mol. The number of nitrogens with one attached hydrogen (secondary N) is 1. The molecule has 1 aliphatic heterocycles. The fourth-order valence-electron chi connectivity index (χ4n) is 2.62. The van der Waals surface area contributed by atoms with Crippen LogP contribution < -0.4 is 10.2 Å². The minimum atomic E-state index is 0.638. The van der Waals surface area contributed by atoms with Gasteiger partial charge in [-0.2, -0.15) is 0 Å². The van der Waals surface area contributed by atoms with E-state index in [0.717, 1.165) is 19.0 Å². The molecule has 1 atom stereocenters. The third kappa shape index (κ3) is 3.67. The number of nitrogens with zero attached hydrogens (tertiary/aromatic N) is 3. The Morgan fingerprint density at radius 3 is 2.61 bits per heavy atom. The molecule has 2 heterocycles. The van der Waals surface area contributed by atoms with Crippen LogP contribution in [0.1, 0.15) is 39.5 Å². The average molecular weight is 248 g/mol. The molecule has 100 valence electrons. The van der Waals surface area contributed by atoms with Gasteiger partial charge in [0.15, 0.2) is 0 Å². The largest absolute Gasteiger partial charge is 0.341 e. The molecule has 1 unspecified atom stereocenters. The molecule has 4 heteroatoms. The van der Waals surface area contributed by atoms with E-state index in [1.54, 1.807) is 0 Å². The van der Waals surface area contributed by atoms with Gasteiger partial charge in [0, 0.05) is 37.6 Å². The number of hydrogen-bond acceptors (Lipinski definition) is 4. The molecule has 0 amide bonds. The Morgan fingerprint density at radius 1 is 1.33 bits per heavy atom. The maximum Gasteiger partial charge on any atom is 0.225 e. The lowest BCUT2D eigenvalue weighted by Crippen LogP contribution is -2.45. The highest BCUT2D eigenvalue weighted by Crippen LogP contribution is 2.16. The smallest absolute Gasteiger partial charge is 0.225 e. The van der Waals surface area contributed by atoms with Crippen molar-refractivity contribution in [1.29, 1.82) is 0 Å². The Morgan fingerprint density at radius 2 is 2.00 bits per heavy atom. The van der Waals surface area contributed by atoms with Gasteiger partial charge < -0.3 is 10.2 Å². The summed E-state index contributed by atoms with van der Waals surface area (Å²) in [6.07, 6.45) is 8.53. The van der Waals surface area contributed by atoms with Crippen LogP contribution in [0.4, 0.5) is 5.95 Å². The summed E-state index contributed by atoms with van der Waals surface area (Å²) in [5.41, 5.74) is 0. The summed E-state index contributed by atoms with van der Waals surface area (Å²) in [7, 11) is 0. The van der Waals surface area contributed by atoms with Gasteiger partial charge in [-0.3, -0.25) is 0 Å². The van der Waals surface area contributed by atoms with E-state index >= 15 is 0 Å². The third-order valence-electron chi connectivity index (χ3n) is 3.57. The molecule has 1 fully saturated rings. The molecule has 2 rings (SSSR count). The lowest BCUT2D eigenvalue weighted by atomic mass is 10.0. The van der Waals surface area contributed by atoms with E-state index in [0.29, 0.717) is 12.1 Å². The van der Waals surface area contributed by atoms with Crippen LogP contribution in [0.5, 0.6) is 0 Å². The zero-order valence-electron chi connectivity index (χ0n) is 11.5. The summed E-state index contributed by atoms with van der Waals surface area (Å²) >= 11 is 0. The van der Waals surface area contributed by atoms with Crippen molar-refractivity contribution in [3.63, 3.8) is 0 Å². The Balaban J connectivity index is 1.78. The van der Waals surface area contributed by atoms with Crippen LogP contribution in [-0.2, 0) is 0 Å². The first-order valence-corrected chi connectivity index (χ1v) is 7.07. The van der Waals surface area contributed by atoms with Crippen molar-refractivity contribution in [3.8, 4) is 0 Å². The van der Waals surface area contributed by atoms with Crippen LogP contribution in [0.2, 0.25) is 0 Å². The van der Waals surface area contributed by atoms with Crippen molar-refractivity contribution < 1.29 is 0 Å². The van der Waals surface area contributed by atoms with Crippen LogP contribution in [0.25, 0.3) is 0 Å². The second-order valence-corrected chi connectivity index (χ2v) is 5.17. The van der Waals surface area contributed by atoms with Gasteiger partial charge in [0.2, 0.25) is 5.95 Å². The molecule has 0 bridgehead atoms. The van der Waals surface area contributed by atoms with Crippen molar-refractivity contribution in [3.05, 3.63) is 18.5 Å². The van der Waals surface area contributed by atoms with Gasteiger partial charge in [-0.05, 0) is 32.3 Å². The summed E-state index contributed by atoms with van der Waals surface area (Å²) in [6, 6.07) is 3.16. The molecule has 0 spiro atoms. The standard InChI is InChI=1S/C14H24N4/c1-3-5-12(2)17-13-6-10-18(11-7-13)14-15-8-4-9-16-14/h4,8-9,12-13,17H,3,5-7,10-11H2,1-2H3. The molecule has 1 N–H and O–H groups in total. The molecule has 0 aliphatic carbocycles. The second kappa shape index (κ2) is 6.69. The highest BCUT2D eigenvalue weighted by Gasteiger charge is 2.21. The molecule has 1 aromatic rings. The van der Waals surface area contributed by atoms with E-state index in [4.69, 9.17) is 0 Å². The molecule has 0 saturated carbocycles. The maximum atomic E-state index is 4.31. The van der Waals surface area contributed by atoms with E-state index in [9.17, 15) is 0 Å². The molecular weight excluding hydrogens is 224 g/mol. The quantitative estimate of drug-likeness (QED) is 0.867. The van der Waals surface area contributed by atoms with E-state index in [1.807, 2.05) is 18.5 Å². The third-order valence-corrected chi connectivity index (χ3v) is 3.57. The van der Waals surface area contributed by atoms with Gasteiger partial charge in [-0.1, -0.05) is 13.3 Å². The number of piperidine rings is 1. The molecule has 18 heavy (non-hydrogen) atoms. The van der Waals surface area contributed by atoms with Gasteiger partial charge >= 0.3 is 0 Å². The first-order chi connectivity index (χ1) is 8.79. The van der Waals surface area contributed by atoms with E-state index < -0.39 is 0 Å². The summed E-state index contributed by atoms with van der Waals surface area (Å²) in [5.74, 6) is 0.873. The predicted molar refractivity (Wildman–Crippen MR) is 74.8 cm³/mol. The van der Waals surface area contributed by atoms with Crippen LogP contribution in [0, 0.1) is 0 Å². The maximum absolute atomic E-state index is 4.31. The normalized spacial score (nSPS) is 18.9. The van der Waals surface area contributed by atoms with Crippen molar-refractivity contribution >= 4 is 5.95 Å². The number of aromatic nitrogens is 2. The first kappa shape index (κ1) is 13.3. The number of rotatable bonds is 5. The zero-order chi connectivity index (χ0) is 12.8. The van der Waals surface area contributed by atoms with Gasteiger partial charge in [-0.15, -0.1) is 0 Å². The molecule has 4 nitrogen and oxygen atoms in total. The van der Waals surface area contributed by atoms with Gasteiger partial charge in [0.05, 0.1) is 0 Å².